The Kier molecular flexibility index (Phi) is 19.0. The van der Waals surface area contributed by atoms with Crippen molar-refractivity contribution in [3.05, 3.63) is 473 Å². The molecule has 0 fully saturated rings. The van der Waals surface area contributed by atoms with Crippen molar-refractivity contribution in [1.29, 1.82) is 0 Å². The maximum atomic E-state index is 5.33. The van der Waals surface area contributed by atoms with Crippen LogP contribution in [0.4, 0.5) is 0 Å². The molecular formula is C128H78N14S2. The first-order chi connectivity index (χ1) is 71.5. The minimum absolute atomic E-state index is 0.590. The molecule has 672 valence electrons. The van der Waals surface area contributed by atoms with Crippen LogP contribution in [0.15, 0.2) is 473 Å². The Morgan fingerprint density at radius 2 is 0.451 bits per heavy atom. The van der Waals surface area contributed by atoms with Crippen LogP contribution in [0, 0.1) is 0 Å². The topological polar surface area (TPSA) is 133 Å². The molecule has 0 spiro atoms. The van der Waals surface area contributed by atoms with Crippen molar-refractivity contribution in [1.82, 2.24) is 67.3 Å². The predicted octanol–water partition coefficient (Wildman–Crippen LogP) is 33.0. The summed E-state index contributed by atoms with van der Waals surface area (Å²) < 4.78 is 18.7. The molecule has 0 N–H and O–H groups in total. The van der Waals surface area contributed by atoms with Crippen LogP contribution in [0.5, 0.6) is 0 Å². The van der Waals surface area contributed by atoms with E-state index in [0.717, 1.165) is 116 Å². The van der Waals surface area contributed by atoms with Crippen molar-refractivity contribution in [3.63, 3.8) is 0 Å². The summed E-state index contributed by atoms with van der Waals surface area (Å²) in [7, 11) is 0. The Morgan fingerprint density at radius 3 is 0.868 bits per heavy atom. The van der Waals surface area contributed by atoms with Gasteiger partial charge in [0.05, 0.1) is 77.4 Å². The Bertz CT molecular complexity index is 10600. The van der Waals surface area contributed by atoms with Crippen molar-refractivity contribution in [2.24, 2.45) is 0 Å². The Labute approximate surface area is 830 Å². The van der Waals surface area contributed by atoms with E-state index in [0.29, 0.717) is 41.1 Å². The molecule has 31 rings (SSSR count). The SMILES string of the molecule is c1ccc(-c2nc(-c3ccc4c(c3)sc3ccccc34)nc(-n3c4ccccc4c4c5c6ccccc6n(-c6ccccc6)c5ccc43)n2)cc1.c1ccc(-c2nc(-c3cccc4c3sc3ccccc34)nc(-n3c4ccccc4c4c5c6ccccc6n(-c6ccccc6)c5ccc43)n2)cc1.c1ccc(-c2nc(-n3c4ccccc4c4c5c6ccccc6n(-c6ccccc6)c5ccc43)nc3ccccc23)cc1. The average Bonchev–Trinajstić information content (AvgIpc) is 1.55. The molecular weight excluding hydrogens is 1800 g/mol. The lowest BCUT2D eigenvalue weighted by Gasteiger charge is -2.12. The first-order valence-electron chi connectivity index (χ1n) is 48.3. The third kappa shape index (κ3) is 13.1. The molecule has 11 heterocycles. The van der Waals surface area contributed by atoms with Crippen molar-refractivity contribution >= 4 is 205 Å². The van der Waals surface area contributed by atoms with Gasteiger partial charge in [-0.05, 0) is 140 Å². The third-order valence-corrected chi connectivity index (χ3v) is 30.6. The highest BCUT2D eigenvalue weighted by atomic mass is 32.1. The monoisotopic (exact) mass is 1870 g/mol. The van der Waals surface area contributed by atoms with Gasteiger partial charge in [-0.25, -0.2) is 19.9 Å². The Balaban J connectivity index is 0.000000103. The molecule has 0 aliphatic heterocycles. The van der Waals surface area contributed by atoms with E-state index < -0.39 is 0 Å². The van der Waals surface area contributed by atoms with E-state index in [4.69, 9.17) is 39.9 Å². The molecule has 0 aliphatic carbocycles. The summed E-state index contributed by atoms with van der Waals surface area (Å²) in [6.45, 7) is 0. The summed E-state index contributed by atoms with van der Waals surface area (Å²) in [5.41, 5.74) is 23.6. The average molecular weight is 1880 g/mol. The van der Waals surface area contributed by atoms with E-state index in [9.17, 15) is 0 Å². The first-order valence-corrected chi connectivity index (χ1v) is 49.9. The summed E-state index contributed by atoms with van der Waals surface area (Å²) in [6.07, 6.45) is 0. The zero-order valence-corrected chi connectivity index (χ0v) is 78.7. The fourth-order valence-electron chi connectivity index (χ4n) is 22.1. The zero-order valence-electron chi connectivity index (χ0n) is 77.1. The minimum atomic E-state index is 0.590. The fourth-order valence-corrected chi connectivity index (χ4v) is 24.5. The van der Waals surface area contributed by atoms with Crippen LogP contribution in [-0.4, -0.2) is 67.3 Å². The molecule has 144 heavy (non-hydrogen) atoms. The first kappa shape index (κ1) is 82.1. The maximum absolute atomic E-state index is 5.33. The molecule has 0 saturated carbocycles. The van der Waals surface area contributed by atoms with Gasteiger partial charge >= 0.3 is 0 Å². The normalized spacial score (nSPS) is 11.9. The van der Waals surface area contributed by atoms with Gasteiger partial charge in [0.15, 0.2) is 23.3 Å². The van der Waals surface area contributed by atoms with Gasteiger partial charge in [0.1, 0.15) is 0 Å². The molecule has 0 radical (unpaired) electrons. The number of benzene rings is 20. The third-order valence-electron chi connectivity index (χ3n) is 28.3. The quantitative estimate of drug-likeness (QED) is 0.125. The van der Waals surface area contributed by atoms with Gasteiger partial charge in [-0.1, -0.05) is 334 Å². The van der Waals surface area contributed by atoms with E-state index in [1.165, 1.54) is 116 Å². The number of fused-ring (bicyclic) bond motifs is 28. The zero-order chi connectivity index (χ0) is 94.6. The predicted molar refractivity (Wildman–Crippen MR) is 598 cm³/mol. The number of hydrogen-bond acceptors (Lipinski definition) is 10. The number of hydrogen-bond donors (Lipinski definition) is 0. The maximum Gasteiger partial charge on any atom is 0.238 e. The van der Waals surface area contributed by atoms with Crippen LogP contribution in [-0.2, 0) is 0 Å². The molecule has 0 saturated heterocycles. The lowest BCUT2D eigenvalue weighted by molar-refractivity contribution is 0.953. The molecule has 31 aromatic rings. The highest BCUT2D eigenvalue weighted by molar-refractivity contribution is 7.26. The lowest BCUT2D eigenvalue weighted by Crippen LogP contribution is -2.06. The number of thiophene rings is 2. The summed E-state index contributed by atoms with van der Waals surface area (Å²) >= 11 is 3.59. The van der Waals surface area contributed by atoms with Crippen molar-refractivity contribution in [2.45, 2.75) is 0 Å². The lowest BCUT2D eigenvalue weighted by atomic mass is 10.1. The van der Waals surface area contributed by atoms with E-state index in [2.05, 4.69) is 452 Å². The van der Waals surface area contributed by atoms with Crippen molar-refractivity contribution in [2.75, 3.05) is 0 Å². The van der Waals surface area contributed by atoms with Gasteiger partial charge in [-0.3, -0.25) is 13.7 Å². The second-order valence-corrected chi connectivity index (χ2v) is 38.5. The van der Waals surface area contributed by atoms with Crippen LogP contribution in [0.3, 0.4) is 0 Å². The van der Waals surface area contributed by atoms with Crippen LogP contribution in [0.1, 0.15) is 0 Å². The van der Waals surface area contributed by atoms with Gasteiger partial charge in [0, 0.05) is 155 Å². The smallest absolute Gasteiger partial charge is 0.238 e. The molecule has 0 unspecified atom stereocenters. The van der Waals surface area contributed by atoms with E-state index in [1.54, 1.807) is 22.7 Å². The standard InChI is InChI=1S/2C45H27N5S.C38H24N4/c1-3-14-28(15-4-1)43-46-44(34-22-13-21-31-30-18-9-12-25-39(30)51-42(31)34)48-45(47-43)50-36-24-11-8-20-33(36)41-38(50)27-26-37-40(41)32-19-7-10-23-35(32)49(37)29-16-5-2-6-17-29;1-3-13-28(14-4-1)43-46-44(29-23-24-32-31-17-9-12-22-39(31)51-40(32)27-29)48-45(47-43)50-36-21-11-8-19-34(36)42-38(50)26-25-37-41(42)33-18-7-10-20-35(33)49(37)30-15-5-2-6-16-30;1-3-13-25(14-4-1)37-27-17-7-10-20-30(27)39-38(40-37)42-32-22-12-9-19-29(32)36-34(42)24-23-33-35(36)28-18-8-11-21-31(28)41(33)26-15-5-2-6-16-26/h2*1-27H;1-24H. The Morgan fingerprint density at radius 1 is 0.160 bits per heavy atom. The largest absolute Gasteiger partial charge is 0.309 e. The van der Waals surface area contributed by atoms with E-state index in [1.807, 2.05) is 48.5 Å². The van der Waals surface area contributed by atoms with Gasteiger partial charge in [0.2, 0.25) is 17.8 Å². The van der Waals surface area contributed by atoms with Crippen LogP contribution < -0.4 is 0 Å². The Hall–Kier alpha value is -19.0. The van der Waals surface area contributed by atoms with Crippen molar-refractivity contribution in [3.8, 4) is 91.7 Å². The van der Waals surface area contributed by atoms with Crippen LogP contribution in [0.2, 0.25) is 0 Å². The molecule has 20 aromatic carbocycles. The molecule has 0 bridgehead atoms. The minimum Gasteiger partial charge on any atom is -0.309 e. The van der Waals surface area contributed by atoms with Gasteiger partial charge in [0.25, 0.3) is 0 Å². The summed E-state index contributed by atoms with van der Waals surface area (Å²) in [4.78, 5) is 41.7. The second-order valence-electron chi connectivity index (χ2n) is 36.3. The van der Waals surface area contributed by atoms with Gasteiger partial charge in [-0.15, -0.1) is 22.7 Å². The summed E-state index contributed by atoms with van der Waals surface area (Å²) in [5.74, 6) is 4.43. The van der Waals surface area contributed by atoms with Gasteiger partial charge < -0.3 is 13.7 Å². The number of aromatic nitrogens is 14. The summed E-state index contributed by atoms with van der Waals surface area (Å²) in [6, 6.07) is 167. The molecule has 16 heteroatoms. The number of rotatable bonds is 11. The molecule has 0 atom stereocenters. The molecule has 0 amide bonds. The second kappa shape index (κ2) is 33.4. The fraction of sp³-hybridized carbons (Fsp3) is 0. The highest BCUT2D eigenvalue weighted by Gasteiger charge is 2.29. The number of nitrogens with zero attached hydrogens (tertiary/aromatic N) is 14. The van der Waals surface area contributed by atoms with Gasteiger partial charge in [-0.2, -0.15) is 19.9 Å². The van der Waals surface area contributed by atoms with Crippen LogP contribution in [0.25, 0.3) is 274 Å². The number of para-hydroxylation sites is 10. The van der Waals surface area contributed by atoms with E-state index >= 15 is 0 Å². The molecule has 0 aliphatic rings. The highest BCUT2D eigenvalue weighted by Crippen LogP contribution is 2.49. The molecule has 14 nitrogen and oxygen atoms in total. The van der Waals surface area contributed by atoms with Crippen LogP contribution >= 0.6 is 22.7 Å². The van der Waals surface area contributed by atoms with Crippen molar-refractivity contribution < 1.29 is 0 Å². The summed E-state index contributed by atoms with van der Waals surface area (Å²) in [5, 5.41) is 20.4. The van der Waals surface area contributed by atoms with E-state index in [-0.39, 0.29) is 0 Å². The molecule has 11 aromatic heterocycles.